The lowest BCUT2D eigenvalue weighted by Crippen LogP contribution is -1.94. The number of aromatic nitrogens is 2. The molecule has 4 aromatic heterocycles. The normalized spacial score (nSPS) is 12.1. The molecule has 270 valence electrons. The minimum atomic E-state index is 0.835. The van der Waals surface area contributed by atoms with Crippen LogP contribution in [0.5, 0.6) is 0 Å². The van der Waals surface area contributed by atoms with E-state index in [9.17, 15) is 0 Å². The summed E-state index contributed by atoms with van der Waals surface area (Å²) >= 11 is 0. The minimum Gasteiger partial charge on any atom is -0.453 e. The summed E-state index contributed by atoms with van der Waals surface area (Å²) in [4.78, 5) is 0. The molecule has 9 aromatic carbocycles. The molecule has 58 heavy (non-hydrogen) atoms. The largest absolute Gasteiger partial charge is 0.453 e. The van der Waals surface area contributed by atoms with Gasteiger partial charge in [0.1, 0.15) is 11.2 Å². The molecule has 13 aromatic rings. The fraction of sp³-hybridized carbons (Fsp3) is 0. The van der Waals surface area contributed by atoms with E-state index in [2.05, 4.69) is 203 Å². The van der Waals surface area contributed by atoms with Gasteiger partial charge in [0, 0.05) is 54.2 Å². The number of benzene rings is 9. The van der Waals surface area contributed by atoms with Gasteiger partial charge in [0.05, 0.1) is 33.4 Å². The Balaban J connectivity index is 1.23. The summed E-state index contributed by atoms with van der Waals surface area (Å²) in [5.74, 6) is 0. The first kappa shape index (κ1) is 31.4. The van der Waals surface area contributed by atoms with Gasteiger partial charge in [-0.2, -0.15) is 0 Å². The summed E-state index contributed by atoms with van der Waals surface area (Å²) in [7, 11) is 0. The summed E-state index contributed by atoms with van der Waals surface area (Å²) in [6, 6.07) is 69.0. The number of para-hydroxylation sites is 6. The second-order valence-corrected chi connectivity index (χ2v) is 15.1. The van der Waals surface area contributed by atoms with Gasteiger partial charge in [-0.25, -0.2) is 0 Å². The molecule has 4 nitrogen and oxygen atoms in total. The molecule has 4 heterocycles. The number of rotatable bonds is 4. The molecule has 0 saturated heterocycles. The SMILES string of the molecule is c1ccc(-c2c3oc4c(-n5c6ccccc6c6ccccc65)cccc4c3c(-c3ccccc3)c3oc4c(-n5c6ccccc6c6ccccc65)cccc4c23)cc1. The van der Waals surface area contributed by atoms with Gasteiger partial charge in [0.25, 0.3) is 0 Å². The molecule has 0 saturated carbocycles. The predicted molar refractivity (Wildman–Crippen MR) is 241 cm³/mol. The summed E-state index contributed by atoms with van der Waals surface area (Å²) < 4.78 is 19.6. The molecule has 0 atom stereocenters. The molecule has 0 N–H and O–H groups in total. The highest BCUT2D eigenvalue weighted by Crippen LogP contribution is 2.52. The van der Waals surface area contributed by atoms with Crippen LogP contribution in [0, 0.1) is 0 Å². The second kappa shape index (κ2) is 11.8. The third-order valence-corrected chi connectivity index (χ3v) is 12.1. The van der Waals surface area contributed by atoms with Crippen LogP contribution in [0.3, 0.4) is 0 Å². The van der Waals surface area contributed by atoms with Crippen LogP contribution in [0.1, 0.15) is 0 Å². The lowest BCUT2D eigenvalue weighted by Gasteiger charge is -2.11. The smallest absolute Gasteiger partial charge is 0.159 e. The van der Waals surface area contributed by atoms with Crippen molar-refractivity contribution in [3.8, 4) is 33.6 Å². The molecule has 0 radical (unpaired) electrons. The summed E-state index contributed by atoms with van der Waals surface area (Å²) in [6.07, 6.45) is 0. The third-order valence-electron chi connectivity index (χ3n) is 12.1. The van der Waals surface area contributed by atoms with E-state index >= 15 is 0 Å². The topological polar surface area (TPSA) is 36.1 Å². The van der Waals surface area contributed by atoms with Gasteiger partial charge in [-0.3, -0.25) is 0 Å². The zero-order chi connectivity index (χ0) is 37.9. The van der Waals surface area contributed by atoms with Gasteiger partial charge in [-0.05, 0) is 47.5 Å². The van der Waals surface area contributed by atoms with Gasteiger partial charge in [-0.15, -0.1) is 0 Å². The quantitative estimate of drug-likeness (QED) is 0.180. The van der Waals surface area contributed by atoms with Crippen LogP contribution in [0.25, 0.3) is 121 Å². The van der Waals surface area contributed by atoms with Crippen molar-refractivity contribution < 1.29 is 8.83 Å². The Morgan fingerprint density at radius 3 is 0.931 bits per heavy atom. The van der Waals surface area contributed by atoms with Crippen LogP contribution in [0.4, 0.5) is 0 Å². The molecule has 0 aliphatic rings. The van der Waals surface area contributed by atoms with Crippen LogP contribution in [-0.2, 0) is 0 Å². The van der Waals surface area contributed by atoms with E-state index in [-0.39, 0.29) is 0 Å². The molecule has 0 amide bonds. The maximum atomic E-state index is 7.43. The van der Waals surface area contributed by atoms with E-state index in [0.29, 0.717) is 0 Å². The molecule has 0 aliphatic heterocycles. The van der Waals surface area contributed by atoms with Crippen LogP contribution in [0.15, 0.2) is 203 Å². The molecule has 0 fully saturated rings. The van der Waals surface area contributed by atoms with Gasteiger partial charge < -0.3 is 18.0 Å². The average Bonchev–Trinajstić information content (AvgIpc) is 4.04. The zero-order valence-electron chi connectivity index (χ0n) is 31.2. The highest BCUT2D eigenvalue weighted by molar-refractivity contribution is 6.31. The predicted octanol–water partition coefficient (Wildman–Crippen LogP) is 15.0. The zero-order valence-corrected chi connectivity index (χ0v) is 31.2. The van der Waals surface area contributed by atoms with E-state index < -0.39 is 0 Å². The number of hydrogen-bond donors (Lipinski definition) is 0. The van der Waals surface area contributed by atoms with Crippen molar-refractivity contribution in [3.05, 3.63) is 194 Å². The van der Waals surface area contributed by atoms with E-state index in [1.807, 2.05) is 0 Å². The second-order valence-electron chi connectivity index (χ2n) is 15.1. The number of fused-ring (bicyclic) bond motifs is 12. The molecular formula is C54H32N2O2. The van der Waals surface area contributed by atoms with Crippen molar-refractivity contribution in [1.82, 2.24) is 9.13 Å². The molecule has 4 heteroatoms. The molecule has 0 bridgehead atoms. The average molecular weight is 741 g/mol. The lowest BCUT2D eigenvalue weighted by atomic mass is 9.90. The van der Waals surface area contributed by atoms with Crippen molar-refractivity contribution in [2.45, 2.75) is 0 Å². The Bertz CT molecular complexity index is 3430. The van der Waals surface area contributed by atoms with E-state index in [1.165, 1.54) is 21.5 Å². The monoisotopic (exact) mass is 740 g/mol. The van der Waals surface area contributed by atoms with Gasteiger partial charge >= 0.3 is 0 Å². The highest BCUT2D eigenvalue weighted by atomic mass is 16.3. The van der Waals surface area contributed by atoms with Crippen molar-refractivity contribution in [1.29, 1.82) is 0 Å². The van der Waals surface area contributed by atoms with Crippen molar-refractivity contribution in [3.63, 3.8) is 0 Å². The molecular weight excluding hydrogens is 709 g/mol. The lowest BCUT2D eigenvalue weighted by molar-refractivity contribution is 0.663. The molecule has 0 unspecified atom stereocenters. The fourth-order valence-corrected chi connectivity index (χ4v) is 9.76. The number of nitrogens with zero attached hydrogens (tertiary/aromatic N) is 2. The number of furan rings is 2. The maximum Gasteiger partial charge on any atom is 0.159 e. The van der Waals surface area contributed by atoms with E-state index in [1.54, 1.807) is 0 Å². The Kier molecular flexibility index (Phi) is 6.41. The van der Waals surface area contributed by atoms with Crippen LogP contribution >= 0.6 is 0 Å². The molecule has 0 aliphatic carbocycles. The first-order chi connectivity index (χ1) is 28.8. The fourth-order valence-electron chi connectivity index (χ4n) is 9.76. The maximum absolute atomic E-state index is 7.43. The Morgan fingerprint density at radius 2 is 0.569 bits per heavy atom. The first-order valence-corrected chi connectivity index (χ1v) is 19.8. The Labute approximate surface area is 332 Å². The van der Waals surface area contributed by atoms with Crippen molar-refractivity contribution in [2.24, 2.45) is 0 Å². The van der Waals surface area contributed by atoms with E-state index in [0.717, 1.165) is 99.6 Å². The Morgan fingerprint density at radius 1 is 0.259 bits per heavy atom. The standard InChI is InChI=1S/C54H32N2O2/c1-3-17-33(18-4-1)47-49-39-25-15-31-45(55-41-27-11-7-21-35(41)36-22-8-12-28-42(36)55)51(39)58-54(49)48(34-19-5-2-6-20-34)50-40-26-16-32-46(52(40)57-53(47)50)56-43-29-13-9-23-37(43)38-24-10-14-30-44(38)56/h1-32H. The Hall–Kier alpha value is -7.82. The first-order valence-electron chi connectivity index (χ1n) is 19.8. The number of hydrogen-bond acceptors (Lipinski definition) is 2. The third kappa shape index (κ3) is 4.18. The summed E-state index contributed by atoms with van der Waals surface area (Å²) in [6.45, 7) is 0. The van der Waals surface area contributed by atoms with Crippen LogP contribution in [0.2, 0.25) is 0 Å². The van der Waals surface area contributed by atoms with Gasteiger partial charge in [0.2, 0.25) is 0 Å². The minimum absolute atomic E-state index is 0.835. The summed E-state index contributed by atoms with van der Waals surface area (Å²) in [5, 5.41) is 8.99. The van der Waals surface area contributed by atoms with Gasteiger partial charge in [0.15, 0.2) is 11.2 Å². The molecule has 0 spiro atoms. The van der Waals surface area contributed by atoms with Crippen molar-refractivity contribution >= 4 is 87.5 Å². The van der Waals surface area contributed by atoms with Crippen LogP contribution < -0.4 is 0 Å². The van der Waals surface area contributed by atoms with Gasteiger partial charge in [-0.1, -0.05) is 158 Å². The van der Waals surface area contributed by atoms with E-state index in [4.69, 9.17) is 8.83 Å². The van der Waals surface area contributed by atoms with Crippen LogP contribution in [-0.4, -0.2) is 9.13 Å². The molecule has 13 rings (SSSR count). The van der Waals surface area contributed by atoms with Crippen molar-refractivity contribution in [2.75, 3.05) is 0 Å². The highest BCUT2D eigenvalue weighted by Gasteiger charge is 2.29. The summed E-state index contributed by atoms with van der Waals surface area (Å²) in [5.41, 5.74) is 14.1.